The highest BCUT2D eigenvalue weighted by Gasteiger charge is 2.15. The van der Waals surface area contributed by atoms with E-state index in [0.29, 0.717) is 5.09 Å². The third kappa shape index (κ3) is 4.49. The predicted octanol–water partition coefficient (Wildman–Crippen LogP) is 3.56. The lowest BCUT2D eigenvalue weighted by molar-refractivity contribution is -0.142. The zero-order chi connectivity index (χ0) is 14.4. The number of nitriles is 1. The highest BCUT2D eigenvalue weighted by molar-refractivity contribution is 7.99. The molecule has 19 heavy (non-hydrogen) atoms. The van der Waals surface area contributed by atoms with Gasteiger partial charge in [0.05, 0.1) is 6.10 Å². The molecule has 1 aromatic heterocycles. The summed E-state index contributed by atoms with van der Waals surface area (Å²) in [6, 6.07) is 3.67. The summed E-state index contributed by atoms with van der Waals surface area (Å²) in [7, 11) is 0. The molecule has 4 nitrogen and oxygen atoms in total. The van der Waals surface area contributed by atoms with E-state index in [0.717, 1.165) is 17.1 Å². The Morgan fingerprint density at radius 3 is 2.84 bits per heavy atom. The van der Waals surface area contributed by atoms with E-state index in [2.05, 4.69) is 0 Å². The zero-order valence-electron chi connectivity index (χ0n) is 11.5. The second-order valence-electron chi connectivity index (χ2n) is 4.16. The number of carbonyl (C=O) groups is 1. The van der Waals surface area contributed by atoms with Gasteiger partial charge < -0.3 is 9.15 Å². The van der Waals surface area contributed by atoms with Crippen LogP contribution in [0.4, 0.5) is 0 Å². The Hall–Kier alpha value is -1.67. The molecule has 0 radical (unpaired) electrons. The normalized spacial score (nSPS) is 11.5. The molecule has 0 amide bonds. The molecule has 0 saturated heterocycles. The minimum atomic E-state index is -0.608. The molecular weight excluding hydrogens is 262 g/mol. The van der Waals surface area contributed by atoms with E-state index in [1.54, 1.807) is 19.9 Å². The first kappa shape index (κ1) is 15.4. The molecule has 0 aliphatic carbocycles. The van der Waals surface area contributed by atoms with Crippen molar-refractivity contribution in [2.45, 2.75) is 38.9 Å². The number of esters is 1. The highest BCUT2D eigenvalue weighted by Crippen LogP contribution is 2.28. The van der Waals surface area contributed by atoms with Crippen LogP contribution in [0.15, 0.2) is 21.1 Å². The largest absolute Gasteiger partial charge is 0.459 e. The summed E-state index contributed by atoms with van der Waals surface area (Å²) < 4.78 is 10.5. The maximum absolute atomic E-state index is 11.7. The first-order chi connectivity index (χ1) is 8.97. The minimum Gasteiger partial charge on any atom is -0.459 e. The fourth-order valence-electron chi connectivity index (χ4n) is 1.43. The maximum atomic E-state index is 11.7. The van der Waals surface area contributed by atoms with Gasteiger partial charge in [-0.15, -0.1) is 0 Å². The molecule has 0 bridgehead atoms. The molecule has 0 unspecified atom stereocenters. The first-order valence-corrected chi connectivity index (χ1v) is 7.02. The van der Waals surface area contributed by atoms with Crippen LogP contribution in [0.1, 0.15) is 32.1 Å². The number of ether oxygens (including phenoxy) is 1. The summed E-state index contributed by atoms with van der Waals surface area (Å²) >= 11 is 1.53. The first-order valence-electron chi connectivity index (χ1n) is 6.04. The van der Waals surface area contributed by atoms with E-state index in [9.17, 15) is 4.79 Å². The molecule has 0 fully saturated rings. The van der Waals surface area contributed by atoms with Gasteiger partial charge in [-0.2, -0.15) is 5.26 Å². The number of rotatable bonds is 5. The molecule has 0 spiro atoms. The lowest BCUT2D eigenvalue weighted by Crippen LogP contribution is -2.12. The summed E-state index contributed by atoms with van der Waals surface area (Å²) in [6.45, 7) is 7.32. The predicted molar refractivity (Wildman–Crippen MR) is 74.7 cm³/mol. The molecule has 0 aliphatic heterocycles. The van der Waals surface area contributed by atoms with Crippen molar-refractivity contribution in [2.24, 2.45) is 0 Å². The molecule has 0 atom stereocenters. The molecule has 0 aliphatic rings. The highest BCUT2D eigenvalue weighted by atomic mass is 32.2. The fourth-order valence-corrected chi connectivity index (χ4v) is 2.16. The number of thioether (sulfide) groups is 1. The number of carbonyl (C=O) groups excluding carboxylic acids is 1. The standard InChI is InChI=1S/C14H17NO3S/c1-5-19-14-11(6-10(4)18-14)7-12(8-15)13(16)17-9(2)3/h6-7,9H,5H2,1-4H3/b12-7+. The van der Waals surface area contributed by atoms with Crippen molar-refractivity contribution >= 4 is 23.8 Å². The van der Waals surface area contributed by atoms with Crippen LogP contribution in [0.25, 0.3) is 6.08 Å². The van der Waals surface area contributed by atoms with Crippen LogP contribution in [0, 0.1) is 18.3 Å². The molecular formula is C14H17NO3S. The number of hydrogen-bond donors (Lipinski definition) is 0. The Morgan fingerprint density at radius 2 is 2.32 bits per heavy atom. The van der Waals surface area contributed by atoms with Gasteiger partial charge in [0.2, 0.25) is 0 Å². The van der Waals surface area contributed by atoms with Gasteiger partial charge in [-0.3, -0.25) is 0 Å². The molecule has 0 N–H and O–H groups in total. The summed E-state index contributed by atoms with van der Waals surface area (Å²) in [6.07, 6.45) is 1.26. The number of aryl methyl sites for hydroxylation is 1. The van der Waals surface area contributed by atoms with E-state index < -0.39 is 5.97 Å². The quantitative estimate of drug-likeness (QED) is 0.357. The van der Waals surface area contributed by atoms with Crippen molar-refractivity contribution in [1.82, 2.24) is 0 Å². The van der Waals surface area contributed by atoms with Crippen LogP contribution < -0.4 is 0 Å². The third-order valence-electron chi connectivity index (χ3n) is 2.11. The lowest BCUT2D eigenvalue weighted by Gasteiger charge is -2.06. The molecule has 102 valence electrons. The number of hydrogen-bond acceptors (Lipinski definition) is 5. The molecule has 0 aromatic carbocycles. The molecule has 1 rings (SSSR count). The van der Waals surface area contributed by atoms with E-state index in [4.69, 9.17) is 14.4 Å². The molecule has 1 aromatic rings. The zero-order valence-corrected chi connectivity index (χ0v) is 12.3. The van der Waals surface area contributed by atoms with E-state index >= 15 is 0 Å². The maximum Gasteiger partial charge on any atom is 0.349 e. The van der Waals surface area contributed by atoms with Crippen LogP contribution >= 0.6 is 11.8 Å². The van der Waals surface area contributed by atoms with Crippen LogP contribution in [-0.4, -0.2) is 17.8 Å². The summed E-state index contributed by atoms with van der Waals surface area (Å²) in [5, 5.41) is 9.75. The van der Waals surface area contributed by atoms with E-state index in [-0.39, 0.29) is 11.7 Å². The van der Waals surface area contributed by atoms with Crippen molar-refractivity contribution in [2.75, 3.05) is 5.75 Å². The lowest BCUT2D eigenvalue weighted by atomic mass is 10.2. The molecule has 5 heteroatoms. The van der Waals surface area contributed by atoms with Gasteiger partial charge in [-0.05, 0) is 38.7 Å². The summed E-state index contributed by atoms with van der Waals surface area (Å²) in [4.78, 5) is 11.7. The SMILES string of the molecule is CCSc1oc(C)cc1/C=C(\C#N)C(=O)OC(C)C. The topological polar surface area (TPSA) is 63.2 Å². The van der Waals surface area contributed by atoms with Crippen molar-refractivity contribution in [3.63, 3.8) is 0 Å². The smallest absolute Gasteiger partial charge is 0.349 e. The number of nitrogens with zero attached hydrogens (tertiary/aromatic N) is 1. The van der Waals surface area contributed by atoms with Crippen LogP contribution in [-0.2, 0) is 9.53 Å². The van der Waals surface area contributed by atoms with Crippen molar-refractivity contribution in [1.29, 1.82) is 5.26 Å². The van der Waals surface area contributed by atoms with Crippen molar-refractivity contribution in [3.05, 3.63) is 23.0 Å². The Kier molecular flexibility index (Phi) is 5.71. The van der Waals surface area contributed by atoms with Gasteiger partial charge in [0, 0.05) is 5.56 Å². The Balaban J connectivity index is 3.04. The average Bonchev–Trinajstić information content (AvgIpc) is 2.66. The molecule has 1 heterocycles. The van der Waals surface area contributed by atoms with Crippen LogP contribution in [0.5, 0.6) is 0 Å². The van der Waals surface area contributed by atoms with Crippen LogP contribution in [0.3, 0.4) is 0 Å². The summed E-state index contributed by atoms with van der Waals surface area (Å²) in [5.41, 5.74) is 0.717. The van der Waals surface area contributed by atoms with Gasteiger partial charge in [0.1, 0.15) is 17.4 Å². The summed E-state index contributed by atoms with van der Waals surface area (Å²) in [5.74, 6) is 0.993. The second kappa shape index (κ2) is 7.05. The van der Waals surface area contributed by atoms with E-state index in [1.165, 1.54) is 17.8 Å². The van der Waals surface area contributed by atoms with Crippen molar-refractivity contribution in [3.8, 4) is 6.07 Å². The Bertz CT molecular complexity index is 523. The monoisotopic (exact) mass is 279 g/mol. The second-order valence-corrected chi connectivity index (χ2v) is 5.39. The third-order valence-corrected chi connectivity index (χ3v) is 2.98. The van der Waals surface area contributed by atoms with Gasteiger partial charge in [-0.25, -0.2) is 4.79 Å². The van der Waals surface area contributed by atoms with Gasteiger partial charge in [-0.1, -0.05) is 18.7 Å². The van der Waals surface area contributed by atoms with Gasteiger partial charge in [0.15, 0.2) is 5.09 Å². The molecule has 0 saturated carbocycles. The Morgan fingerprint density at radius 1 is 1.63 bits per heavy atom. The van der Waals surface area contributed by atoms with Crippen molar-refractivity contribution < 1.29 is 13.9 Å². The van der Waals surface area contributed by atoms with Gasteiger partial charge >= 0.3 is 5.97 Å². The fraction of sp³-hybridized carbons (Fsp3) is 0.429. The number of furan rings is 1. The average molecular weight is 279 g/mol. The minimum absolute atomic E-state index is 0.0209. The van der Waals surface area contributed by atoms with Crippen LogP contribution in [0.2, 0.25) is 0 Å². The van der Waals surface area contributed by atoms with Gasteiger partial charge in [0.25, 0.3) is 0 Å². The Labute approximate surface area is 117 Å². The van der Waals surface area contributed by atoms with E-state index in [1.807, 2.05) is 19.9 Å².